The van der Waals surface area contributed by atoms with Crippen LogP contribution in [0.5, 0.6) is 0 Å². The van der Waals surface area contributed by atoms with Crippen LogP contribution in [0.3, 0.4) is 0 Å². The molecule has 0 aliphatic heterocycles. The lowest BCUT2D eigenvalue weighted by Crippen LogP contribution is -2.32. The average molecular weight is 318 g/mol. The third-order valence-corrected chi connectivity index (χ3v) is 4.79. The van der Waals surface area contributed by atoms with E-state index in [2.05, 4.69) is 35.6 Å². The molecule has 6 heteroatoms. The summed E-state index contributed by atoms with van der Waals surface area (Å²) in [7, 11) is -3.53. The second kappa shape index (κ2) is 5.70. The first-order valence-electron chi connectivity index (χ1n) is 7.21. The summed E-state index contributed by atoms with van der Waals surface area (Å²) in [6, 6.07) is 14.4. The predicted octanol–water partition coefficient (Wildman–Crippen LogP) is 1.35. The van der Waals surface area contributed by atoms with Crippen molar-refractivity contribution in [3.8, 4) is 0 Å². The lowest BCUT2D eigenvalue weighted by molar-refractivity contribution is -0.122. The minimum Gasteiger partial charge on any atom is -0.355 e. The number of sulfonamides is 1. The molecule has 5 nitrogen and oxygen atoms in total. The van der Waals surface area contributed by atoms with Crippen molar-refractivity contribution >= 4 is 26.7 Å². The van der Waals surface area contributed by atoms with Gasteiger partial charge in [-0.2, -0.15) is 0 Å². The first-order chi connectivity index (χ1) is 10.4. The second-order valence-electron chi connectivity index (χ2n) is 5.71. The Balaban J connectivity index is 1.62. The maximum atomic E-state index is 12.0. The van der Waals surface area contributed by atoms with Crippen molar-refractivity contribution in [2.24, 2.45) is 11.1 Å². The van der Waals surface area contributed by atoms with E-state index < -0.39 is 10.0 Å². The molecule has 2 aromatic rings. The lowest BCUT2D eigenvalue weighted by Gasteiger charge is -2.05. The van der Waals surface area contributed by atoms with Crippen molar-refractivity contribution in [2.45, 2.75) is 12.3 Å². The Morgan fingerprint density at radius 1 is 1.18 bits per heavy atom. The molecule has 0 spiro atoms. The van der Waals surface area contributed by atoms with Gasteiger partial charge in [-0.15, -0.1) is 0 Å². The Kier molecular flexibility index (Phi) is 3.88. The van der Waals surface area contributed by atoms with E-state index in [-0.39, 0.29) is 30.0 Å². The minimum atomic E-state index is -3.53. The Bertz CT molecular complexity index is 817. The summed E-state index contributed by atoms with van der Waals surface area (Å²) >= 11 is 0. The van der Waals surface area contributed by atoms with Gasteiger partial charge in [-0.25, -0.2) is 13.6 Å². The molecule has 1 aliphatic carbocycles. The molecule has 22 heavy (non-hydrogen) atoms. The Morgan fingerprint density at radius 2 is 1.91 bits per heavy atom. The largest absolute Gasteiger partial charge is 0.355 e. The molecule has 1 fully saturated rings. The van der Waals surface area contributed by atoms with Crippen LogP contribution in [-0.4, -0.2) is 26.6 Å². The van der Waals surface area contributed by atoms with Crippen LogP contribution in [0.4, 0.5) is 0 Å². The smallest absolute Gasteiger partial charge is 0.223 e. The summed E-state index contributed by atoms with van der Waals surface area (Å²) in [6.45, 7) is 0.0681. The van der Waals surface area contributed by atoms with E-state index in [9.17, 15) is 13.2 Å². The number of benzene rings is 2. The number of hydrogen-bond acceptors (Lipinski definition) is 3. The molecule has 3 N–H and O–H groups in total. The average Bonchev–Trinajstić information content (AvgIpc) is 3.26. The number of primary sulfonamides is 1. The highest BCUT2D eigenvalue weighted by molar-refractivity contribution is 7.89. The highest BCUT2D eigenvalue weighted by atomic mass is 32.2. The number of carbonyl (C=O) groups is 1. The standard InChI is InChI=1S/C16H18N2O3S/c17-22(20,21)8-7-18-16(19)15-10-14(15)13-6-5-11-3-1-2-4-12(11)9-13/h1-6,9,14-15H,7-8,10H2,(H,18,19)(H2,17,20,21)/t14-,15+/m0/s1. The Labute approximate surface area is 129 Å². The van der Waals surface area contributed by atoms with Crippen LogP contribution in [0.1, 0.15) is 17.9 Å². The highest BCUT2D eigenvalue weighted by Crippen LogP contribution is 2.48. The van der Waals surface area contributed by atoms with Crippen molar-refractivity contribution < 1.29 is 13.2 Å². The van der Waals surface area contributed by atoms with E-state index in [4.69, 9.17) is 5.14 Å². The van der Waals surface area contributed by atoms with Gasteiger partial charge in [0, 0.05) is 12.5 Å². The molecule has 0 bridgehead atoms. The normalized spacial score (nSPS) is 20.8. The van der Waals surface area contributed by atoms with Crippen LogP contribution >= 0.6 is 0 Å². The van der Waals surface area contributed by atoms with Gasteiger partial charge in [0.15, 0.2) is 0 Å². The van der Waals surface area contributed by atoms with Crippen molar-refractivity contribution in [2.75, 3.05) is 12.3 Å². The topological polar surface area (TPSA) is 89.3 Å². The van der Waals surface area contributed by atoms with Crippen molar-refractivity contribution in [3.63, 3.8) is 0 Å². The zero-order valence-electron chi connectivity index (χ0n) is 12.0. The van der Waals surface area contributed by atoms with Gasteiger partial charge in [0.1, 0.15) is 0 Å². The zero-order chi connectivity index (χ0) is 15.7. The molecule has 0 saturated heterocycles. The van der Waals surface area contributed by atoms with E-state index in [1.807, 2.05) is 12.1 Å². The van der Waals surface area contributed by atoms with Crippen molar-refractivity contribution in [1.29, 1.82) is 0 Å². The molecule has 0 heterocycles. The maximum absolute atomic E-state index is 12.0. The SMILES string of the molecule is NS(=O)(=O)CCNC(=O)[C@@H]1C[C@H]1c1ccc2ccccc2c1. The summed E-state index contributed by atoms with van der Waals surface area (Å²) in [5.41, 5.74) is 1.16. The molecule has 0 radical (unpaired) electrons. The maximum Gasteiger partial charge on any atom is 0.223 e. The molecule has 2 aromatic carbocycles. The Morgan fingerprint density at radius 3 is 2.64 bits per heavy atom. The predicted molar refractivity (Wildman–Crippen MR) is 85.8 cm³/mol. The summed E-state index contributed by atoms with van der Waals surface area (Å²) in [4.78, 5) is 12.0. The number of fused-ring (bicyclic) bond motifs is 1. The van der Waals surface area contributed by atoms with Crippen LogP contribution in [0.2, 0.25) is 0 Å². The fourth-order valence-electron chi connectivity index (χ4n) is 2.74. The minimum absolute atomic E-state index is 0.0679. The van der Waals surface area contributed by atoms with E-state index in [0.717, 1.165) is 12.0 Å². The number of hydrogen-bond donors (Lipinski definition) is 2. The third kappa shape index (κ3) is 3.45. The monoisotopic (exact) mass is 318 g/mol. The summed E-state index contributed by atoms with van der Waals surface area (Å²) in [5, 5.41) is 9.89. The number of nitrogens with two attached hydrogens (primary N) is 1. The molecule has 0 unspecified atom stereocenters. The molecule has 116 valence electrons. The number of nitrogens with one attached hydrogen (secondary N) is 1. The fraction of sp³-hybridized carbons (Fsp3) is 0.312. The highest BCUT2D eigenvalue weighted by Gasteiger charge is 2.43. The Hall–Kier alpha value is -1.92. The molecule has 1 aliphatic rings. The van der Waals surface area contributed by atoms with Crippen LogP contribution in [0.25, 0.3) is 10.8 Å². The van der Waals surface area contributed by atoms with E-state index >= 15 is 0 Å². The van der Waals surface area contributed by atoms with Crippen LogP contribution in [0.15, 0.2) is 42.5 Å². The number of carbonyl (C=O) groups excluding carboxylic acids is 1. The van der Waals surface area contributed by atoms with Gasteiger partial charge < -0.3 is 5.32 Å². The summed E-state index contributed by atoms with van der Waals surface area (Å²) in [5.74, 6) is -0.172. The van der Waals surface area contributed by atoms with Crippen LogP contribution in [-0.2, 0) is 14.8 Å². The molecule has 1 amide bonds. The van der Waals surface area contributed by atoms with Gasteiger partial charge in [0.2, 0.25) is 15.9 Å². The first-order valence-corrected chi connectivity index (χ1v) is 8.92. The van der Waals surface area contributed by atoms with Gasteiger partial charge in [-0.1, -0.05) is 42.5 Å². The molecular weight excluding hydrogens is 300 g/mol. The number of amides is 1. The number of rotatable bonds is 5. The van der Waals surface area contributed by atoms with Gasteiger partial charge in [-0.3, -0.25) is 4.79 Å². The molecule has 3 rings (SSSR count). The van der Waals surface area contributed by atoms with E-state index in [0.29, 0.717) is 0 Å². The zero-order valence-corrected chi connectivity index (χ0v) is 12.8. The molecular formula is C16H18N2O3S. The van der Waals surface area contributed by atoms with E-state index in [1.54, 1.807) is 0 Å². The van der Waals surface area contributed by atoms with Crippen molar-refractivity contribution in [1.82, 2.24) is 5.32 Å². The summed E-state index contributed by atoms with van der Waals surface area (Å²) < 4.78 is 21.7. The quantitative estimate of drug-likeness (QED) is 0.872. The van der Waals surface area contributed by atoms with Crippen LogP contribution < -0.4 is 10.5 Å². The summed E-state index contributed by atoms with van der Waals surface area (Å²) in [6.07, 6.45) is 0.805. The van der Waals surface area contributed by atoms with Gasteiger partial charge in [-0.05, 0) is 28.7 Å². The molecule has 2 atom stereocenters. The van der Waals surface area contributed by atoms with Crippen molar-refractivity contribution in [3.05, 3.63) is 48.0 Å². The van der Waals surface area contributed by atoms with E-state index in [1.165, 1.54) is 10.8 Å². The van der Waals surface area contributed by atoms with Crippen LogP contribution in [0, 0.1) is 5.92 Å². The second-order valence-corrected chi connectivity index (χ2v) is 7.45. The van der Waals surface area contributed by atoms with Gasteiger partial charge >= 0.3 is 0 Å². The van der Waals surface area contributed by atoms with Gasteiger partial charge in [0.05, 0.1) is 5.75 Å². The molecule has 0 aromatic heterocycles. The molecule has 1 saturated carbocycles. The fourth-order valence-corrected chi connectivity index (χ4v) is 3.13. The first kappa shape index (κ1) is 15.0. The third-order valence-electron chi connectivity index (χ3n) is 4.01. The lowest BCUT2D eigenvalue weighted by atomic mass is 10.0. The van der Waals surface area contributed by atoms with Gasteiger partial charge in [0.25, 0.3) is 0 Å².